The van der Waals surface area contributed by atoms with Crippen LogP contribution in [0, 0.1) is 0 Å². The van der Waals surface area contributed by atoms with Crippen molar-refractivity contribution in [1.82, 2.24) is 9.97 Å². The van der Waals surface area contributed by atoms with Crippen molar-refractivity contribution in [2.24, 2.45) is 0 Å². The molecule has 2 aromatic carbocycles. The van der Waals surface area contributed by atoms with Crippen LogP contribution < -0.4 is 5.32 Å². The Bertz CT molecular complexity index is 890. The van der Waals surface area contributed by atoms with E-state index in [9.17, 15) is 9.59 Å². The summed E-state index contributed by atoms with van der Waals surface area (Å²) in [7, 11) is 1.35. The number of aromatic amines is 1. The summed E-state index contributed by atoms with van der Waals surface area (Å²) < 4.78 is 4.74. The quantitative estimate of drug-likeness (QED) is 0.541. The maximum Gasteiger partial charge on any atom is 0.318 e. The van der Waals surface area contributed by atoms with Crippen LogP contribution in [0.2, 0.25) is 0 Å². The zero-order valence-corrected chi connectivity index (χ0v) is 14.6. The second kappa shape index (κ2) is 7.40. The highest BCUT2D eigenvalue weighted by molar-refractivity contribution is 8.00. The fourth-order valence-electron chi connectivity index (χ4n) is 2.35. The smallest absolute Gasteiger partial charge is 0.318 e. The topological polar surface area (TPSA) is 84.1 Å². The molecule has 6 nitrogen and oxygen atoms in total. The zero-order chi connectivity index (χ0) is 17.8. The average Bonchev–Trinajstić information content (AvgIpc) is 3.03. The minimum atomic E-state index is -0.412. The highest BCUT2D eigenvalue weighted by Gasteiger charge is 2.19. The highest BCUT2D eigenvalue weighted by Crippen LogP contribution is 2.28. The standard InChI is InChI=1S/C18H17N3O3S/c1-11(17(23)24-2)25-15-10-6-3-7-12(15)16(22)21-18-19-13-8-4-5-9-14(13)20-18/h3-11H,1-2H3,(H2,19,20,21,22). The first kappa shape index (κ1) is 17.0. The van der Waals surface area contributed by atoms with Crippen molar-refractivity contribution in [2.75, 3.05) is 12.4 Å². The van der Waals surface area contributed by atoms with Crippen molar-refractivity contribution < 1.29 is 14.3 Å². The number of nitrogens with zero attached hydrogens (tertiary/aromatic N) is 1. The van der Waals surface area contributed by atoms with Gasteiger partial charge >= 0.3 is 5.97 Å². The molecular weight excluding hydrogens is 338 g/mol. The first-order valence-electron chi connectivity index (χ1n) is 7.68. The van der Waals surface area contributed by atoms with E-state index in [2.05, 4.69) is 15.3 Å². The van der Waals surface area contributed by atoms with E-state index in [4.69, 9.17) is 4.74 Å². The molecule has 1 unspecified atom stereocenters. The minimum absolute atomic E-state index is 0.292. The molecule has 2 N–H and O–H groups in total. The molecule has 0 aliphatic carbocycles. The fraction of sp³-hybridized carbons (Fsp3) is 0.167. The van der Waals surface area contributed by atoms with E-state index in [0.29, 0.717) is 16.4 Å². The molecular formula is C18H17N3O3S. The van der Waals surface area contributed by atoms with Gasteiger partial charge in [0.15, 0.2) is 0 Å². The average molecular weight is 355 g/mol. The number of nitrogens with one attached hydrogen (secondary N) is 2. The van der Waals surface area contributed by atoms with Crippen LogP contribution >= 0.6 is 11.8 Å². The van der Waals surface area contributed by atoms with Crippen molar-refractivity contribution in [3.8, 4) is 0 Å². The van der Waals surface area contributed by atoms with Gasteiger partial charge in [-0.1, -0.05) is 24.3 Å². The Balaban J connectivity index is 1.81. The van der Waals surface area contributed by atoms with Crippen molar-refractivity contribution in [1.29, 1.82) is 0 Å². The number of hydrogen-bond acceptors (Lipinski definition) is 5. The van der Waals surface area contributed by atoms with Crippen LogP contribution in [0.3, 0.4) is 0 Å². The number of ether oxygens (including phenoxy) is 1. The lowest BCUT2D eigenvalue weighted by atomic mass is 10.2. The number of para-hydroxylation sites is 2. The lowest BCUT2D eigenvalue weighted by Crippen LogP contribution is -2.17. The number of esters is 1. The predicted octanol–water partition coefficient (Wildman–Crippen LogP) is 3.47. The molecule has 1 amide bonds. The second-order valence-corrected chi connectivity index (χ2v) is 6.72. The molecule has 0 radical (unpaired) electrons. The van der Waals surface area contributed by atoms with Gasteiger partial charge in [-0.3, -0.25) is 14.9 Å². The Kier molecular flexibility index (Phi) is 5.04. The number of anilines is 1. The molecule has 0 saturated carbocycles. The SMILES string of the molecule is COC(=O)C(C)Sc1ccccc1C(=O)Nc1nc2ccccc2[nH]1. The number of rotatable bonds is 5. The van der Waals surface area contributed by atoms with E-state index in [-0.39, 0.29) is 11.9 Å². The number of amides is 1. The summed E-state index contributed by atoms with van der Waals surface area (Å²) in [5, 5.41) is 2.36. The molecule has 25 heavy (non-hydrogen) atoms. The Morgan fingerprint density at radius 1 is 1.16 bits per heavy atom. The third-order valence-corrected chi connectivity index (χ3v) is 4.75. The van der Waals surface area contributed by atoms with Crippen LogP contribution in [-0.2, 0) is 9.53 Å². The van der Waals surface area contributed by atoms with Crippen molar-refractivity contribution in [2.45, 2.75) is 17.1 Å². The van der Waals surface area contributed by atoms with Crippen molar-refractivity contribution in [3.63, 3.8) is 0 Å². The van der Waals surface area contributed by atoms with Crippen LogP contribution in [0.4, 0.5) is 5.95 Å². The third-order valence-electron chi connectivity index (χ3n) is 3.59. The number of thioether (sulfide) groups is 1. The van der Waals surface area contributed by atoms with E-state index >= 15 is 0 Å². The van der Waals surface area contributed by atoms with Crippen LogP contribution in [0.25, 0.3) is 11.0 Å². The van der Waals surface area contributed by atoms with Crippen molar-refractivity contribution >= 4 is 40.6 Å². The first-order chi connectivity index (χ1) is 12.1. The summed E-state index contributed by atoms with van der Waals surface area (Å²) >= 11 is 1.28. The summed E-state index contributed by atoms with van der Waals surface area (Å²) in [6.45, 7) is 1.74. The normalized spacial score (nSPS) is 11.9. The Hall–Kier alpha value is -2.80. The summed E-state index contributed by atoms with van der Waals surface area (Å²) in [4.78, 5) is 32.4. The number of fused-ring (bicyclic) bond motifs is 1. The minimum Gasteiger partial charge on any atom is -0.468 e. The van der Waals surface area contributed by atoms with Crippen molar-refractivity contribution in [3.05, 3.63) is 54.1 Å². The van der Waals surface area contributed by atoms with Gasteiger partial charge in [0.1, 0.15) is 5.25 Å². The lowest BCUT2D eigenvalue weighted by molar-refractivity contribution is -0.139. The maximum atomic E-state index is 12.6. The van der Waals surface area contributed by atoms with Crippen LogP contribution in [0.5, 0.6) is 0 Å². The van der Waals surface area contributed by atoms with Crippen LogP contribution in [-0.4, -0.2) is 34.2 Å². The molecule has 0 saturated heterocycles. The monoisotopic (exact) mass is 355 g/mol. The van der Waals surface area contributed by atoms with Gasteiger partial charge in [-0.15, -0.1) is 11.8 Å². The molecule has 128 valence electrons. The van der Waals surface area contributed by atoms with Gasteiger partial charge in [-0.2, -0.15) is 0 Å². The van der Waals surface area contributed by atoms with Crippen LogP contribution in [0.1, 0.15) is 17.3 Å². The van der Waals surface area contributed by atoms with E-state index in [0.717, 1.165) is 11.0 Å². The maximum absolute atomic E-state index is 12.6. The number of imidazole rings is 1. The molecule has 1 atom stereocenters. The molecule has 0 fully saturated rings. The molecule has 1 aromatic heterocycles. The summed E-state index contributed by atoms with van der Waals surface area (Å²) in [5.41, 5.74) is 2.10. The molecule has 0 bridgehead atoms. The number of methoxy groups -OCH3 is 1. The molecule has 0 aliphatic rings. The Morgan fingerprint density at radius 2 is 1.88 bits per heavy atom. The number of carbonyl (C=O) groups is 2. The zero-order valence-electron chi connectivity index (χ0n) is 13.8. The van der Waals surface area contributed by atoms with Gasteiger partial charge in [0, 0.05) is 4.90 Å². The molecule has 0 aliphatic heterocycles. The summed E-state index contributed by atoms with van der Waals surface area (Å²) in [5.74, 6) is -0.247. The summed E-state index contributed by atoms with van der Waals surface area (Å²) in [6, 6.07) is 14.6. The van der Waals surface area contributed by atoms with Gasteiger partial charge < -0.3 is 9.72 Å². The molecule has 0 spiro atoms. The van der Waals surface area contributed by atoms with Gasteiger partial charge in [-0.05, 0) is 31.2 Å². The number of H-pyrrole nitrogens is 1. The number of hydrogen-bond donors (Lipinski definition) is 2. The van der Waals surface area contributed by atoms with Crippen LogP contribution in [0.15, 0.2) is 53.4 Å². The number of benzene rings is 2. The van der Waals surface area contributed by atoms with E-state index in [1.165, 1.54) is 18.9 Å². The molecule has 7 heteroatoms. The number of aromatic nitrogens is 2. The van der Waals surface area contributed by atoms with E-state index in [1.807, 2.05) is 30.3 Å². The summed E-state index contributed by atoms with van der Waals surface area (Å²) in [6.07, 6.45) is 0. The second-order valence-electron chi connectivity index (χ2n) is 5.34. The molecule has 3 aromatic rings. The molecule has 1 heterocycles. The van der Waals surface area contributed by atoms with Gasteiger partial charge in [0.05, 0.1) is 23.7 Å². The number of carbonyl (C=O) groups excluding carboxylic acids is 2. The predicted molar refractivity (Wildman–Crippen MR) is 97.8 cm³/mol. The van der Waals surface area contributed by atoms with Gasteiger partial charge in [0.2, 0.25) is 5.95 Å². The third kappa shape index (κ3) is 3.83. The fourth-order valence-corrected chi connectivity index (χ4v) is 3.37. The van der Waals surface area contributed by atoms with E-state index < -0.39 is 5.25 Å². The first-order valence-corrected chi connectivity index (χ1v) is 8.56. The highest BCUT2D eigenvalue weighted by atomic mass is 32.2. The Morgan fingerprint density at radius 3 is 2.64 bits per heavy atom. The van der Waals surface area contributed by atoms with Gasteiger partial charge in [0.25, 0.3) is 5.91 Å². The molecule has 3 rings (SSSR count). The van der Waals surface area contributed by atoms with Gasteiger partial charge in [-0.25, -0.2) is 4.98 Å². The van der Waals surface area contributed by atoms with E-state index in [1.54, 1.807) is 25.1 Å². The Labute approximate surface area is 149 Å². The lowest BCUT2D eigenvalue weighted by Gasteiger charge is -2.12. The largest absolute Gasteiger partial charge is 0.468 e.